The van der Waals surface area contributed by atoms with Crippen molar-refractivity contribution in [3.05, 3.63) is 65.9 Å². The normalized spacial score (nSPS) is 17.2. The zero-order chi connectivity index (χ0) is 18.8. The zero-order valence-electron chi connectivity index (χ0n) is 14.4. The van der Waals surface area contributed by atoms with E-state index in [9.17, 15) is 9.59 Å². The van der Waals surface area contributed by atoms with Crippen LogP contribution in [0.2, 0.25) is 0 Å². The van der Waals surface area contributed by atoms with Crippen molar-refractivity contribution in [3.8, 4) is 0 Å². The van der Waals surface area contributed by atoms with Crippen LogP contribution < -0.4 is 16.0 Å². The van der Waals surface area contributed by atoms with Gasteiger partial charge in [-0.15, -0.1) is 0 Å². The third-order valence-electron chi connectivity index (χ3n) is 4.24. The fourth-order valence-electron chi connectivity index (χ4n) is 2.97. The lowest BCUT2D eigenvalue weighted by Gasteiger charge is -2.26. The lowest BCUT2D eigenvalue weighted by Crippen LogP contribution is -2.49. The second kappa shape index (κ2) is 6.83. The van der Waals surface area contributed by atoms with Crippen molar-refractivity contribution in [2.24, 2.45) is 0 Å². The summed E-state index contributed by atoms with van der Waals surface area (Å²) in [6.45, 7) is 1.70. The van der Waals surface area contributed by atoms with Crippen LogP contribution in [0.1, 0.15) is 12.7 Å². The number of H-pyrrole nitrogens is 1. The number of rotatable bonds is 4. The molecule has 136 valence electrons. The molecule has 0 bridgehead atoms. The molecule has 1 aromatic carbocycles. The zero-order valence-corrected chi connectivity index (χ0v) is 14.4. The Hall–Kier alpha value is -3.81. The van der Waals surface area contributed by atoms with E-state index >= 15 is 0 Å². The average molecular weight is 363 g/mol. The van der Waals surface area contributed by atoms with E-state index in [1.54, 1.807) is 49.7 Å². The summed E-state index contributed by atoms with van der Waals surface area (Å²) < 4.78 is 5.26. The fourth-order valence-corrected chi connectivity index (χ4v) is 2.97. The third kappa shape index (κ3) is 3.45. The molecule has 3 heterocycles. The molecule has 2 aromatic heterocycles. The number of nitrogens with one attached hydrogen (secondary N) is 4. The molecule has 0 radical (unpaired) electrons. The van der Waals surface area contributed by atoms with Gasteiger partial charge in [0.05, 0.1) is 29.6 Å². The smallest absolute Gasteiger partial charge is 0.319 e. The van der Waals surface area contributed by atoms with Crippen LogP contribution in [0.4, 0.5) is 10.5 Å². The number of carbonyl (C=O) groups is 2. The highest BCUT2D eigenvalue weighted by atomic mass is 16.3. The minimum atomic E-state index is -0.582. The first-order chi connectivity index (χ1) is 13.1. The Morgan fingerprint density at radius 3 is 3.04 bits per heavy atom. The standard InChI is InChI=1S/C19H17N5O3/c1-11-17(16(23-19(26)21-11)7-5-14-3-2-8-27-14)18(25)22-13-4-6-15-12(9-13)10-20-24-15/h2-10,16H,1H3,(H,20,24)(H,22,25)(H2,21,23,26). The van der Waals surface area contributed by atoms with E-state index in [-0.39, 0.29) is 11.9 Å². The van der Waals surface area contributed by atoms with Crippen molar-refractivity contribution in [2.45, 2.75) is 13.0 Å². The molecule has 0 spiro atoms. The van der Waals surface area contributed by atoms with Gasteiger partial charge in [-0.1, -0.05) is 6.08 Å². The molecule has 3 aromatic rings. The molecule has 1 aliphatic rings. The number of carbonyl (C=O) groups excluding carboxylic acids is 2. The first-order valence-electron chi connectivity index (χ1n) is 8.34. The lowest BCUT2D eigenvalue weighted by molar-refractivity contribution is -0.113. The van der Waals surface area contributed by atoms with Gasteiger partial charge < -0.3 is 20.4 Å². The Morgan fingerprint density at radius 2 is 2.22 bits per heavy atom. The Labute approximate surface area is 154 Å². The second-order valence-corrected chi connectivity index (χ2v) is 6.12. The number of fused-ring (bicyclic) bond motifs is 1. The number of aromatic amines is 1. The van der Waals surface area contributed by atoms with E-state index in [1.807, 2.05) is 12.1 Å². The van der Waals surface area contributed by atoms with Gasteiger partial charge in [0.2, 0.25) is 0 Å². The molecule has 3 amide bonds. The molecule has 1 aliphatic heterocycles. The number of furan rings is 1. The van der Waals surface area contributed by atoms with Crippen molar-refractivity contribution >= 4 is 34.6 Å². The van der Waals surface area contributed by atoms with Gasteiger partial charge in [-0.25, -0.2) is 4.79 Å². The summed E-state index contributed by atoms with van der Waals surface area (Å²) in [5, 5.41) is 16.0. The van der Waals surface area contributed by atoms with Gasteiger partial charge >= 0.3 is 6.03 Å². The first kappa shape index (κ1) is 16.6. The van der Waals surface area contributed by atoms with Crippen LogP contribution in [0.25, 0.3) is 17.0 Å². The lowest BCUT2D eigenvalue weighted by atomic mass is 10.0. The molecule has 4 rings (SSSR count). The summed E-state index contributed by atoms with van der Waals surface area (Å²) in [5.74, 6) is 0.322. The highest BCUT2D eigenvalue weighted by molar-refractivity contribution is 6.07. The van der Waals surface area contributed by atoms with Crippen LogP contribution in [0.15, 0.2) is 64.6 Å². The number of aromatic nitrogens is 2. The van der Waals surface area contributed by atoms with Crippen LogP contribution in [0, 0.1) is 0 Å². The van der Waals surface area contributed by atoms with E-state index in [4.69, 9.17) is 4.42 Å². The topological polar surface area (TPSA) is 112 Å². The quantitative estimate of drug-likeness (QED) is 0.571. The van der Waals surface area contributed by atoms with Gasteiger partial charge in [-0.3, -0.25) is 9.89 Å². The van der Waals surface area contributed by atoms with Crippen LogP contribution in [0.3, 0.4) is 0 Å². The van der Waals surface area contributed by atoms with Gasteiger partial charge in [0.25, 0.3) is 5.91 Å². The number of allylic oxidation sites excluding steroid dienone is 1. The largest absolute Gasteiger partial charge is 0.465 e. The SMILES string of the molecule is CC1=C(C(=O)Nc2ccc3[nH]ncc3c2)C(C=Cc2ccco2)NC(=O)N1. The highest BCUT2D eigenvalue weighted by Gasteiger charge is 2.28. The van der Waals surface area contributed by atoms with Gasteiger partial charge in [-0.05, 0) is 43.3 Å². The molecule has 27 heavy (non-hydrogen) atoms. The maximum Gasteiger partial charge on any atom is 0.319 e. The number of hydrogen-bond acceptors (Lipinski definition) is 4. The van der Waals surface area contributed by atoms with Crippen LogP contribution in [-0.4, -0.2) is 28.2 Å². The summed E-state index contributed by atoms with van der Waals surface area (Å²) in [6.07, 6.45) is 6.68. The van der Waals surface area contributed by atoms with Gasteiger partial charge in [-0.2, -0.15) is 5.10 Å². The van der Waals surface area contributed by atoms with E-state index in [0.29, 0.717) is 22.7 Å². The molecule has 0 aliphatic carbocycles. The Kier molecular flexibility index (Phi) is 4.21. The Morgan fingerprint density at radius 1 is 1.33 bits per heavy atom. The molecule has 0 saturated heterocycles. The monoisotopic (exact) mass is 363 g/mol. The Bertz CT molecular complexity index is 1060. The van der Waals surface area contributed by atoms with Gasteiger partial charge in [0, 0.05) is 16.8 Å². The molecule has 1 unspecified atom stereocenters. The summed E-state index contributed by atoms with van der Waals surface area (Å²) in [5.41, 5.74) is 2.44. The molecular weight excluding hydrogens is 346 g/mol. The van der Waals surface area contributed by atoms with Crippen molar-refractivity contribution < 1.29 is 14.0 Å². The van der Waals surface area contributed by atoms with Crippen LogP contribution in [-0.2, 0) is 4.79 Å². The van der Waals surface area contributed by atoms with Crippen molar-refractivity contribution in [1.82, 2.24) is 20.8 Å². The maximum absolute atomic E-state index is 12.9. The number of urea groups is 1. The predicted octanol–water partition coefficient (Wildman–Crippen LogP) is 2.76. The second-order valence-electron chi connectivity index (χ2n) is 6.12. The van der Waals surface area contributed by atoms with Crippen molar-refractivity contribution in [3.63, 3.8) is 0 Å². The molecule has 0 saturated carbocycles. The minimum absolute atomic E-state index is 0.308. The number of benzene rings is 1. The first-order valence-corrected chi connectivity index (χ1v) is 8.34. The summed E-state index contributed by atoms with van der Waals surface area (Å²) in [6, 6.07) is 8.07. The molecule has 8 nitrogen and oxygen atoms in total. The number of anilines is 1. The summed E-state index contributed by atoms with van der Waals surface area (Å²) >= 11 is 0. The van der Waals surface area contributed by atoms with E-state index < -0.39 is 6.04 Å². The van der Waals surface area contributed by atoms with Crippen LogP contribution in [0.5, 0.6) is 0 Å². The average Bonchev–Trinajstić information content (AvgIpc) is 3.30. The maximum atomic E-state index is 12.9. The minimum Gasteiger partial charge on any atom is -0.465 e. The van der Waals surface area contributed by atoms with Gasteiger partial charge in [0.1, 0.15) is 5.76 Å². The van der Waals surface area contributed by atoms with Crippen molar-refractivity contribution in [2.75, 3.05) is 5.32 Å². The van der Waals surface area contributed by atoms with E-state index in [2.05, 4.69) is 26.1 Å². The summed E-state index contributed by atoms with van der Waals surface area (Å²) in [4.78, 5) is 24.7. The molecule has 4 N–H and O–H groups in total. The number of amides is 3. The molecular formula is C19H17N5O3. The van der Waals surface area contributed by atoms with E-state index in [1.165, 1.54) is 0 Å². The number of hydrogen-bond donors (Lipinski definition) is 4. The van der Waals surface area contributed by atoms with Gasteiger partial charge in [0.15, 0.2) is 0 Å². The van der Waals surface area contributed by atoms with Crippen molar-refractivity contribution in [1.29, 1.82) is 0 Å². The van der Waals surface area contributed by atoms with Crippen LogP contribution >= 0.6 is 0 Å². The highest BCUT2D eigenvalue weighted by Crippen LogP contribution is 2.20. The number of nitrogens with zero attached hydrogens (tertiary/aromatic N) is 1. The Balaban J connectivity index is 1.59. The van der Waals surface area contributed by atoms with E-state index in [0.717, 1.165) is 10.9 Å². The molecule has 1 atom stereocenters. The fraction of sp³-hybridized carbons (Fsp3) is 0.105. The predicted molar refractivity (Wildman–Crippen MR) is 101 cm³/mol. The third-order valence-corrected chi connectivity index (χ3v) is 4.24. The molecule has 8 heteroatoms. The summed E-state index contributed by atoms with van der Waals surface area (Å²) in [7, 11) is 0. The molecule has 0 fully saturated rings.